The molecule has 7 nitrogen and oxygen atoms in total. The van der Waals surface area contributed by atoms with Crippen molar-refractivity contribution >= 4 is 27.6 Å². The van der Waals surface area contributed by atoms with Gasteiger partial charge in [-0.3, -0.25) is 0 Å². The third kappa shape index (κ3) is 4.31. The van der Waals surface area contributed by atoms with Gasteiger partial charge in [0.15, 0.2) is 11.5 Å². The van der Waals surface area contributed by atoms with Gasteiger partial charge >= 0.3 is 5.97 Å². The molecule has 0 amide bonds. The maximum atomic E-state index is 14.2. The van der Waals surface area contributed by atoms with Gasteiger partial charge in [-0.05, 0) is 35.9 Å². The summed E-state index contributed by atoms with van der Waals surface area (Å²) in [5.74, 6) is -1.05. The quantitative estimate of drug-likeness (QED) is 0.608. The first-order valence-electron chi connectivity index (χ1n) is 8.82. The zero-order chi connectivity index (χ0) is 21.2. The van der Waals surface area contributed by atoms with E-state index in [0.29, 0.717) is 22.1 Å². The molecule has 2 aromatic rings. The van der Waals surface area contributed by atoms with Crippen molar-refractivity contribution in [3.63, 3.8) is 0 Å². The van der Waals surface area contributed by atoms with Gasteiger partial charge in [-0.2, -0.15) is 4.31 Å². The second kappa shape index (κ2) is 8.56. The van der Waals surface area contributed by atoms with E-state index in [4.69, 9.17) is 25.8 Å². The standard InChI is InChI=1S/C19H19ClFNO6S/c1-3-22(4-2)29(24,25)13-5-6-16(21)14(9-13)19(23)26-10-12-7-15(20)18-17(8-12)27-11-28-18/h5-9H,3-4,10-11H2,1-2H3. The number of esters is 1. The first-order valence-corrected chi connectivity index (χ1v) is 10.6. The molecule has 0 aliphatic carbocycles. The Labute approximate surface area is 173 Å². The van der Waals surface area contributed by atoms with Crippen LogP contribution in [0.15, 0.2) is 35.2 Å². The highest BCUT2D eigenvalue weighted by molar-refractivity contribution is 7.89. The second-order valence-electron chi connectivity index (χ2n) is 6.12. The lowest BCUT2D eigenvalue weighted by Gasteiger charge is -2.18. The van der Waals surface area contributed by atoms with Crippen LogP contribution in [0.25, 0.3) is 0 Å². The summed E-state index contributed by atoms with van der Waals surface area (Å²) in [6, 6.07) is 6.18. The van der Waals surface area contributed by atoms with Gasteiger partial charge in [0.05, 0.1) is 15.5 Å². The molecule has 0 saturated carbocycles. The van der Waals surface area contributed by atoms with Crippen LogP contribution in [0.3, 0.4) is 0 Å². The van der Waals surface area contributed by atoms with Crippen LogP contribution in [0.5, 0.6) is 11.5 Å². The van der Waals surface area contributed by atoms with E-state index in [2.05, 4.69) is 0 Å². The van der Waals surface area contributed by atoms with Crippen LogP contribution < -0.4 is 9.47 Å². The predicted octanol–water partition coefficient (Wildman–Crippen LogP) is 3.60. The van der Waals surface area contributed by atoms with Crippen molar-refractivity contribution in [1.82, 2.24) is 4.31 Å². The van der Waals surface area contributed by atoms with Crippen LogP contribution in [0.4, 0.5) is 4.39 Å². The molecular weight excluding hydrogens is 425 g/mol. The molecule has 29 heavy (non-hydrogen) atoms. The maximum absolute atomic E-state index is 14.2. The van der Waals surface area contributed by atoms with Gasteiger partial charge < -0.3 is 14.2 Å². The lowest BCUT2D eigenvalue weighted by Crippen LogP contribution is -2.30. The largest absolute Gasteiger partial charge is 0.457 e. The molecule has 10 heteroatoms. The summed E-state index contributed by atoms with van der Waals surface area (Å²) in [5.41, 5.74) is 0.0463. The van der Waals surface area contributed by atoms with Gasteiger partial charge in [-0.25, -0.2) is 17.6 Å². The van der Waals surface area contributed by atoms with E-state index in [9.17, 15) is 17.6 Å². The smallest absolute Gasteiger partial charge is 0.341 e. The Morgan fingerprint density at radius 3 is 2.62 bits per heavy atom. The van der Waals surface area contributed by atoms with E-state index in [1.54, 1.807) is 26.0 Å². The lowest BCUT2D eigenvalue weighted by atomic mass is 10.2. The summed E-state index contributed by atoms with van der Waals surface area (Å²) < 4.78 is 56.2. The molecule has 0 N–H and O–H groups in total. The zero-order valence-electron chi connectivity index (χ0n) is 15.8. The first kappa shape index (κ1) is 21.4. The molecule has 1 heterocycles. The third-order valence-electron chi connectivity index (χ3n) is 4.36. The Balaban J connectivity index is 1.80. The summed E-state index contributed by atoms with van der Waals surface area (Å²) in [7, 11) is -3.84. The average Bonchev–Trinajstić information content (AvgIpc) is 3.16. The number of fused-ring (bicyclic) bond motifs is 1. The van der Waals surface area contributed by atoms with Crippen molar-refractivity contribution < 1.29 is 31.8 Å². The van der Waals surface area contributed by atoms with Crippen LogP contribution >= 0.6 is 11.6 Å². The van der Waals surface area contributed by atoms with E-state index in [1.165, 1.54) is 4.31 Å². The lowest BCUT2D eigenvalue weighted by molar-refractivity contribution is 0.0466. The van der Waals surface area contributed by atoms with Gasteiger partial charge in [0, 0.05) is 13.1 Å². The topological polar surface area (TPSA) is 82.1 Å². The number of ether oxygens (including phenoxy) is 3. The van der Waals surface area contributed by atoms with Crippen LogP contribution in [0, 0.1) is 5.82 Å². The van der Waals surface area contributed by atoms with Gasteiger partial charge in [-0.1, -0.05) is 25.4 Å². The minimum Gasteiger partial charge on any atom is -0.457 e. The van der Waals surface area contributed by atoms with Crippen molar-refractivity contribution in [3.05, 3.63) is 52.3 Å². The number of benzene rings is 2. The fourth-order valence-electron chi connectivity index (χ4n) is 2.86. The van der Waals surface area contributed by atoms with Crippen LogP contribution in [0.2, 0.25) is 5.02 Å². The summed E-state index contributed by atoms with van der Waals surface area (Å²) in [6.45, 7) is 3.72. The molecule has 0 aromatic heterocycles. The minimum atomic E-state index is -3.84. The molecule has 3 rings (SSSR count). The molecule has 2 aromatic carbocycles. The summed E-state index contributed by atoms with van der Waals surface area (Å²) in [5, 5.41) is 0.296. The van der Waals surface area contributed by atoms with E-state index in [-0.39, 0.29) is 31.4 Å². The molecule has 1 aliphatic rings. The van der Waals surface area contributed by atoms with Crippen molar-refractivity contribution in [2.24, 2.45) is 0 Å². The molecule has 0 radical (unpaired) electrons. The van der Waals surface area contributed by atoms with E-state index >= 15 is 0 Å². The number of sulfonamides is 1. The molecule has 0 fully saturated rings. The Kier molecular flexibility index (Phi) is 6.30. The molecule has 0 saturated heterocycles. The number of hydrogen-bond donors (Lipinski definition) is 0. The molecule has 0 unspecified atom stereocenters. The van der Waals surface area contributed by atoms with Gasteiger partial charge in [-0.15, -0.1) is 0 Å². The summed E-state index contributed by atoms with van der Waals surface area (Å²) >= 11 is 6.08. The molecule has 0 bridgehead atoms. The Hall–Kier alpha value is -2.36. The molecule has 0 spiro atoms. The van der Waals surface area contributed by atoms with E-state index in [1.807, 2.05) is 0 Å². The Bertz CT molecular complexity index is 1040. The van der Waals surface area contributed by atoms with Crippen molar-refractivity contribution in [2.75, 3.05) is 19.9 Å². The zero-order valence-corrected chi connectivity index (χ0v) is 17.3. The molecular formula is C19H19ClFNO6S. The second-order valence-corrected chi connectivity index (χ2v) is 8.46. The molecule has 1 aliphatic heterocycles. The number of halogens is 2. The van der Waals surface area contributed by atoms with Crippen LogP contribution in [-0.2, 0) is 21.4 Å². The van der Waals surface area contributed by atoms with E-state index < -0.39 is 27.4 Å². The van der Waals surface area contributed by atoms with Gasteiger partial charge in [0.25, 0.3) is 0 Å². The third-order valence-corrected chi connectivity index (χ3v) is 6.68. The summed E-state index contributed by atoms with van der Waals surface area (Å²) in [4.78, 5) is 12.2. The minimum absolute atomic E-state index is 0.0390. The number of hydrogen-bond acceptors (Lipinski definition) is 6. The van der Waals surface area contributed by atoms with Crippen LogP contribution in [0.1, 0.15) is 29.8 Å². The van der Waals surface area contributed by atoms with Gasteiger partial charge in [0.1, 0.15) is 12.4 Å². The van der Waals surface area contributed by atoms with Crippen molar-refractivity contribution in [2.45, 2.75) is 25.3 Å². The average molecular weight is 444 g/mol. The first-order chi connectivity index (χ1) is 13.8. The SMILES string of the molecule is CCN(CC)S(=O)(=O)c1ccc(F)c(C(=O)OCc2cc(Cl)c3c(c2)OCO3)c1. The fraction of sp³-hybridized carbons (Fsp3) is 0.316. The number of carbonyl (C=O) groups excluding carboxylic acids is 1. The molecule has 0 atom stereocenters. The Morgan fingerprint density at radius 1 is 1.21 bits per heavy atom. The number of carbonyl (C=O) groups is 1. The fourth-order valence-corrected chi connectivity index (χ4v) is 4.64. The normalized spacial score (nSPS) is 13.0. The highest BCUT2D eigenvalue weighted by Crippen LogP contribution is 2.40. The number of nitrogens with zero attached hydrogens (tertiary/aromatic N) is 1. The molecule has 156 valence electrons. The Morgan fingerprint density at radius 2 is 1.93 bits per heavy atom. The highest BCUT2D eigenvalue weighted by atomic mass is 35.5. The van der Waals surface area contributed by atoms with E-state index in [0.717, 1.165) is 18.2 Å². The maximum Gasteiger partial charge on any atom is 0.341 e. The van der Waals surface area contributed by atoms with Gasteiger partial charge in [0.2, 0.25) is 16.8 Å². The number of rotatable bonds is 7. The predicted molar refractivity (Wildman–Crippen MR) is 103 cm³/mol. The van der Waals surface area contributed by atoms with Crippen molar-refractivity contribution in [3.8, 4) is 11.5 Å². The monoisotopic (exact) mass is 443 g/mol. The van der Waals surface area contributed by atoms with Crippen LogP contribution in [-0.4, -0.2) is 38.6 Å². The summed E-state index contributed by atoms with van der Waals surface area (Å²) in [6.07, 6.45) is 0. The van der Waals surface area contributed by atoms with Crippen molar-refractivity contribution in [1.29, 1.82) is 0 Å². The highest BCUT2D eigenvalue weighted by Gasteiger charge is 2.25.